The van der Waals surface area contributed by atoms with Gasteiger partial charge >= 0.3 is 0 Å². The van der Waals surface area contributed by atoms with E-state index in [1.165, 1.54) is 0 Å². The Hall–Kier alpha value is -1.48. The molecule has 0 spiro atoms. The monoisotopic (exact) mass is 191 g/mol. The lowest BCUT2D eigenvalue weighted by Gasteiger charge is -2.00. The molecule has 0 aliphatic carbocycles. The molecule has 0 aliphatic heterocycles. The van der Waals surface area contributed by atoms with E-state index in [1.54, 1.807) is 0 Å². The van der Waals surface area contributed by atoms with Crippen LogP contribution < -0.4 is 4.74 Å². The van der Waals surface area contributed by atoms with Crippen molar-refractivity contribution in [1.29, 1.82) is 0 Å². The largest absolute Gasteiger partial charge is 0.479 e. The summed E-state index contributed by atoms with van der Waals surface area (Å²) in [5, 5.41) is 9.74. The summed E-state index contributed by atoms with van der Waals surface area (Å²) in [5.41, 5.74) is 1.08. The number of H-pyrrole nitrogens is 1. The van der Waals surface area contributed by atoms with Crippen molar-refractivity contribution in [3.63, 3.8) is 0 Å². The summed E-state index contributed by atoms with van der Waals surface area (Å²) < 4.78 is 5.42. The number of hydrogen-bond donors (Lipinski definition) is 2. The predicted molar refractivity (Wildman–Crippen MR) is 55.5 cm³/mol. The van der Waals surface area contributed by atoms with E-state index in [0.717, 1.165) is 16.8 Å². The zero-order chi connectivity index (χ0) is 9.80. The van der Waals surface area contributed by atoms with Gasteiger partial charge in [-0.2, -0.15) is 0 Å². The maximum absolute atomic E-state index is 8.59. The van der Waals surface area contributed by atoms with Gasteiger partial charge in [0.25, 0.3) is 0 Å². The molecule has 0 fully saturated rings. The lowest BCUT2D eigenvalue weighted by atomic mass is 10.3. The van der Waals surface area contributed by atoms with Crippen molar-refractivity contribution in [3.05, 3.63) is 30.3 Å². The highest BCUT2D eigenvalue weighted by molar-refractivity contribution is 5.81. The summed E-state index contributed by atoms with van der Waals surface area (Å²) in [6, 6.07) is 9.98. The molecule has 74 valence electrons. The number of aliphatic hydroxyl groups excluding tert-OH is 1. The van der Waals surface area contributed by atoms with Crippen LogP contribution >= 0.6 is 0 Å². The van der Waals surface area contributed by atoms with Crippen LogP contribution in [0.3, 0.4) is 0 Å². The average Bonchev–Trinajstić information content (AvgIpc) is 2.60. The van der Waals surface area contributed by atoms with Gasteiger partial charge in [0.2, 0.25) is 0 Å². The highest BCUT2D eigenvalue weighted by Crippen LogP contribution is 2.19. The molecule has 14 heavy (non-hydrogen) atoms. The van der Waals surface area contributed by atoms with Gasteiger partial charge in [0, 0.05) is 30.0 Å². The highest BCUT2D eigenvalue weighted by atomic mass is 16.5. The van der Waals surface area contributed by atoms with Crippen molar-refractivity contribution >= 4 is 10.9 Å². The molecule has 1 heterocycles. The Morgan fingerprint density at radius 2 is 2.14 bits per heavy atom. The van der Waals surface area contributed by atoms with E-state index in [-0.39, 0.29) is 6.61 Å². The molecule has 0 unspecified atom stereocenters. The van der Waals surface area contributed by atoms with Crippen LogP contribution in [0.15, 0.2) is 30.3 Å². The fourth-order valence-electron chi connectivity index (χ4n) is 1.37. The van der Waals surface area contributed by atoms with Crippen LogP contribution in [0, 0.1) is 0 Å². The minimum absolute atomic E-state index is 0.167. The molecule has 0 aliphatic rings. The van der Waals surface area contributed by atoms with Gasteiger partial charge in [-0.05, 0) is 6.07 Å². The lowest BCUT2D eigenvalue weighted by Crippen LogP contribution is -1.99. The van der Waals surface area contributed by atoms with Crippen LogP contribution in [-0.2, 0) is 0 Å². The summed E-state index contributed by atoms with van der Waals surface area (Å²) in [7, 11) is 0. The van der Waals surface area contributed by atoms with Crippen molar-refractivity contribution in [2.45, 2.75) is 6.42 Å². The Morgan fingerprint density at radius 1 is 1.29 bits per heavy atom. The van der Waals surface area contributed by atoms with Crippen molar-refractivity contribution < 1.29 is 9.84 Å². The molecule has 2 rings (SSSR count). The molecule has 3 nitrogen and oxygen atoms in total. The maximum Gasteiger partial charge on any atom is 0.191 e. The first-order chi connectivity index (χ1) is 6.90. The molecule has 0 saturated carbocycles. The van der Waals surface area contributed by atoms with E-state index in [9.17, 15) is 0 Å². The fourth-order valence-corrected chi connectivity index (χ4v) is 1.37. The SMILES string of the molecule is OCCCOc1cc2ccccc2[nH]1. The average molecular weight is 191 g/mol. The number of ether oxygens (including phenoxy) is 1. The first-order valence-corrected chi connectivity index (χ1v) is 4.71. The third-order valence-corrected chi connectivity index (χ3v) is 2.07. The molecule has 2 N–H and O–H groups in total. The van der Waals surface area contributed by atoms with Gasteiger partial charge in [-0.15, -0.1) is 0 Å². The number of aromatic nitrogens is 1. The van der Waals surface area contributed by atoms with Crippen LogP contribution in [0.25, 0.3) is 10.9 Å². The van der Waals surface area contributed by atoms with Gasteiger partial charge < -0.3 is 14.8 Å². The van der Waals surface area contributed by atoms with E-state index >= 15 is 0 Å². The number of aromatic amines is 1. The molecule has 0 radical (unpaired) electrons. The molecule has 0 bridgehead atoms. The molecular formula is C11H13NO2. The van der Waals surface area contributed by atoms with E-state index in [2.05, 4.69) is 4.98 Å². The number of benzene rings is 1. The third-order valence-electron chi connectivity index (χ3n) is 2.07. The van der Waals surface area contributed by atoms with Crippen LogP contribution in [0.1, 0.15) is 6.42 Å². The molecule has 2 aromatic rings. The lowest BCUT2D eigenvalue weighted by molar-refractivity contribution is 0.230. The number of rotatable bonds is 4. The summed E-state index contributed by atoms with van der Waals surface area (Å²) in [6.45, 7) is 0.712. The number of para-hydroxylation sites is 1. The number of nitrogens with one attached hydrogen (secondary N) is 1. The van der Waals surface area contributed by atoms with Gasteiger partial charge in [-0.25, -0.2) is 0 Å². The summed E-state index contributed by atoms with van der Waals surface area (Å²) in [4.78, 5) is 3.15. The smallest absolute Gasteiger partial charge is 0.191 e. The van der Waals surface area contributed by atoms with E-state index in [4.69, 9.17) is 9.84 Å². The van der Waals surface area contributed by atoms with E-state index < -0.39 is 0 Å². The van der Waals surface area contributed by atoms with Gasteiger partial charge in [0.1, 0.15) is 0 Å². The summed E-state index contributed by atoms with van der Waals surface area (Å²) >= 11 is 0. The predicted octanol–water partition coefficient (Wildman–Crippen LogP) is 1.93. The van der Waals surface area contributed by atoms with Gasteiger partial charge in [-0.3, -0.25) is 0 Å². The van der Waals surface area contributed by atoms with Crippen LogP contribution in [0.4, 0.5) is 0 Å². The Bertz CT molecular complexity index is 375. The van der Waals surface area contributed by atoms with Crippen LogP contribution in [0.2, 0.25) is 0 Å². The number of hydrogen-bond acceptors (Lipinski definition) is 2. The number of fused-ring (bicyclic) bond motifs is 1. The Labute approximate surface area is 82.3 Å². The second-order valence-electron chi connectivity index (χ2n) is 3.15. The van der Waals surface area contributed by atoms with E-state index in [0.29, 0.717) is 13.0 Å². The maximum atomic E-state index is 8.59. The highest BCUT2D eigenvalue weighted by Gasteiger charge is 1.99. The van der Waals surface area contributed by atoms with E-state index in [1.807, 2.05) is 30.3 Å². The quantitative estimate of drug-likeness (QED) is 0.725. The Kier molecular flexibility index (Phi) is 2.70. The van der Waals surface area contributed by atoms with Crippen LogP contribution in [-0.4, -0.2) is 23.3 Å². The van der Waals surface area contributed by atoms with Gasteiger partial charge in [-0.1, -0.05) is 18.2 Å². The third kappa shape index (κ3) is 1.88. The fraction of sp³-hybridized carbons (Fsp3) is 0.273. The van der Waals surface area contributed by atoms with Gasteiger partial charge in [0.05, 0.1) is 6.61 Å². The Morgan fingerprint density at radius 3 is 2.93 bits per heavy atom. The van der Waals surface area contributed by atoms with Crippen molar-refractivity contribution in [2.75, 3.05) is 13.2 Å². The van der Waals surface area contributed by atoms with Crippen molar-refractivity contribution in [1.82, 2.24) is 4.98 Å². The minimum atomic E-state index is 0.167. The van der Waals surface area contributed by atoms with Crippen molar-refractivity contribution in [3.8, 4) is 5.88 Å². The zero-order valence-electron chi connectivity index (χ0n) is 7.86. The molecule has 3 heteroatoms. The molecule has 1 aromatic heterocycles. The topological polar surface area (TPSA) is 45.2 Å². The molecule has 1 aromatic carbocycles. The minimum Gasteiger partial charge on any atom is -0.479 e. The first kappa shape index (κ1) is 9.09. The molecule has 0 saturated heterocycles. The second kappa shape index (κ2) is 4.15. The zero-order valence-corrected chi connectivity index (χ0v) is 7.86. The molecule has 0 amide bonds. The van der Waals surface area contributed by atoms with Crippen LogP contribution in [0.5, 0.6) is 5.88 Å². The molecular weight excluding hydrogens is 178 g/mol. The molecule has 0 atom stereocenters. The first-order valence-electron chi connectivity index (χ1n) is 4.71. The Balaban J connectivity index is 2.11. The number of aliphatic hydroxyl groups is 1. The van der Waals surface area contributed by atoms with Crippen molar-refractivity contribution in [2.24, 2.45) is 0 Å². The van der Waals surface area contributed by atoms with Gasteiger partial charge in [0.15, 0.2) is 5.88 Å². The normalized spacial score (nSPS) is 10.6. The summed E-state index contributed by atoms with van der Waals surface area (Å²) in [5.74, 6) is 0.764. The summed E-state index contributed by atoms with van der Waals surface area (Å²) in [6.07, 6.45) is 0.662. The second-order valence-corrected chi connectivity index (χ2v) is 3.15. The standard InChI is InChI=1S/C11H13NO2/c13-6-3-7-14-11-8-9-4-1-2-5-10(9)12-11/h1-2,4-5,8,12-13H,3,6-7H2.